The lowest BCUT2D eigenvalue weighted by molar-refractivity contribution is -0.147. The Balaban J connectivity index is 0.838. The molecule has 5 saturated heterocycles. The van der Waals surface area contributed by atoms with Gasteiger partial charge in [-0.15, -0.1) is 0 Å². The van der Waals surface area contributed by atoms with Crippen molar-refractivity contribution >= 4 is 95.7 Å². The summed E-state index contributed by atoms with van der Waals surface area (Å²) in [5.74, 6) is -10.8. The first-order valence-electron chi connectivity index (χ1n) is 34.6. The number of carboxylic acid groups (broad SMARTS) is 1. The number of aliphatic carboxylic acids is 1. The molecule has 15 atom stereocenters. The third kappa shape index (κ3) is 17.7. The van der Waals surface area contributed by atoms with Crippen LogP contribution in [-0.2, 0) is 76.4 Å². The van der Waals surface area contributed by atoms with Gasteiger partial charge >= 0.3 is 42.5 Å². The molecule has 568 valence electrons. The second-order valence-electron chi connectivity index (χ2n) is 27.3. The van der Waals surface area contributed by atoms with Gasteiger partial charge in [-0.2, -0.15) is 0 Å². The van der Waals surface area contributed by atoms with E-state index in [0.29, 0.717) is 41.2 Å². The Morgan fingerprint density at radius 1 is 0.333 bits per heavy atom. The van der Waals surface area contributed by atoms with Crippen LogP contribution in [0, 0.1) is 0 Å². The average Bonchev–Trinajstić information content (AvgIpc) is 1.70. The highest BCUT2D eigenvalue weighted by Crippen LogP contribution is 2.34. The molecule has 0 aromatic heterocycles. The van der Waals surface area contributed by atoms with E-state index >= 15 is 0 Å². The standard InChI is InChI=1S/C75H80N10O23/c1-39-59(64(91)77-50(45-26-16-10-17-27-45)35-56(88)83-61(41(3)105-72(83)100)66(93)79-52(47-30-20-12-21-31-47)37-58(90)85-63(68(95)96)43(5)107-74(85)102)81(70(98)103-39)54(86)34-49(44-24-14-9-15-25-44)76-65(92)60-40(2)104-71(99)82(60)55(87)36-51(46-28-18-11-19-29-46)78-67(94)62-42(4)106-73(101)84(62)57(89)38-53(48-32-22-13-23-33-48)80-69(97)108-75(6,7)8/h9-33,39-43,49-53,59-63H,34-38H2,1-8H3,(H,76,92)(H,77,91)(H,78,94)(H,79,93)(H,80,97)(H,95,96)/t39-,40-,41-,42-,43-,49-,50-,51-,52-,53-,59+,60+,61+,62+,63+/m0/s1. The molecule has 5 heterocycles. The Kier molecular flexibility index (Phi) is 24.0. The van der Waals surface area contributed by atoms with Gasteiger partial charge in [-0.25, -0.2) is 58.1 Å². The molecule has 5 aliphatic rings. The van der Waals surface area contributed by atoms with Gasteiger partial charge in [0, 0.05) is 0 Å². The van der Waals surface area contributed by atoms with Gasteiger partial charge in [0.25, 0.3) is 0 Å². The van der Waals surface area contributed by atoms with Crippen LogP contribution in [0.5, 0.6) is 0 Å². The van der Waals surface area contributed by atoms with Gasteiger partial charge in [0.15, 0.2) is 30.2 Å². The predicted molar refractivity (Wildman–Crippen MR) is 371 cm³/mol. The summed E-state index contributed by atoms with van der Waals surface area (Å²) in [6.07, 6.45) is -17.2. The van der Waals surface area contributed by atoms with Gasteiger partial charge in [-0.05, 0) is 83.2 Å². The first-order chi connectivity index (χ1) is 51.3. The number of ether oxygens (including phenoxy) is 6. The molecule has 0 radical (unpaired) electrons. The number of carboxylic acids is 1. The fourth-order valence-corrected chi connectivity index (χ4v) is 13.5. The van der Waals surface area contributed by atoms with E-state index in [1.165, 1.54) is 71.0 Å². The first kappa shape index (κ1) is 78.0. The Morgan fingerprint density at radius 2 is 0.519 bits per heavy atom. The Bertz CT molecular complexity index is 4300. The molecule has 5 aromatic rings. The Morgan fingerprint density at radius 3 is 0.713 bits per heavy atom. The van der Waals surface area contributed by atoms with E-state index in [1.54, 1.807) is 136 Å². The largest absolute Gasteiger partial charge is 0.480 e. The van der Waals surface area contributed by atoms with Crippen LogP contribution in [0.3, 0.4) is 0 Å². The topological polar surface area (TPSA) is 425 Å². The number of hydrogen-bond donors (Lipinski definition) is 6. The zero-order valence-electron chi connectivity index (χ0n) is 59.8. The van der Waals surface area contributed by atoms with Crippen LogP contribution in [0.4, 0.5) is 28.8 Å². The van der Waals surface area contributed by atoms with Crippen LogP contribution < -0.4 is 26.6 Å². The first-order valence-corrected chi connectivity index (χ1v) is 34.6. The minimum Gasteiger partial charge on any atom is -0.480 e. The van der Waals surface area contributed by atoms with Crippen LogP contribution in [-0.4, -0.2) is 192 Å². The van der Waals surface area contributed by atoms with Crippen molar-refractivity contribution in [3.63, 3.8) is 0 Å². The lowest BCUT2D eigenvalue weighted by atomic mass is 9.99. The quantitative estimate of drug-likeness (QED) is 0.0344. The zero-order chi connectivity index (χ0) is 78.2. The van der Waals surface area contributed by atoms with E-state index in [4.69, 9.17) is 28.4 Å². The molecule has 0 saturated carbocycles. The van der Waals surface area contributed by atoms with Gasteiger partial charge in [0.2, 0.25) is 53.2 Å². The van der Waals surface area contributed by atoms with Crippen molar-refractivity contribution in [1.82, 2.24) is 51.1 Å². The van der Waals surface area contributed by atoms with Crippen LogP contribution >= 0.6 is 0 Å². The highest BCUT2D eigenvalue weighted by Gasteiger charge is 2.55. The van der Waals surface area contributed by atoms with Crippen LogP contribution in [0.15, 0.2) is 152 Å². The van der Waals surface area contributed by atoms with Crippen LogP contribution in [0.1, 0.15) is 146 Å². The van der Waals surface area contributed by atoms with Crippen molar-refractivity contribution < 1.29 is 110 Å². The minimum absolute atomic E-state index is 0.250. The minimum atomic E-state index is -1.79. The molecule has 0 spiro atoms. The second kappa shape index (κ2) is 33.3. The van der Waals surface area contributed by atoms with E-state index < -0.39 is 224 Å². The maximum atomic E-state index is 14.9. The van der Waals surface area contributed by atoms with Gasteiger partial charge in [0.05, 0.1) is 62.3 Å². The molecule has 10 rings (SSSR count). The van der Waals surface area contributed by atoms with E-state index in [-0.39, 0.29) is 11.1 Å². The molecule has 0 aliphatic carbocycles. The van der Waals surface area contributed by atoms with Gasteiger partial charge in [-0.1, -0.05) is 152 Å². The number of carbonyl (C=O) groups excluding carboxylic acids is 15. The van der Waals surface area contributed by atoms with E-state index in [9.17, 15) is 81.8 Å². The van der Waals surface area contributed by atoms with Crippen molar-refractivity contribution in [3.05, 3.63) is 179 Å². The molecule has 33 heteroatoms. The maximum absolute atomic E-state index is 14.9. The van der Waals surface area contributed by atoms with Crippen molar-refractivity contribution in [2.24, 2.45) is 0 Å². The molecular formula is C75H80N10O23. The molecule has 108 heavy (non-hydrogen) atoms. The fraction of sp³-hybridized carbons (Fsp3) is 0.387. The summed E-state index contributed by atoms with van der Waals surface area (Å²) in [5.41, 5.74) is 0.640. The fourth-order valence-electron chi connectivity index (χ4n) is 13.5. The third-order valence-corrected chi connectivity index (χ3v) is 18.6. The predicted octanol–water partition coefficient (Wildman–Crippen LogP) is 6.40. The molecule has 15 amide bonds. The summed E-state index contributed by atoms with van der Waals surface area (Å²) in [6.45, 7) is 11.6. The van der Waals surface area contributed by atoms with Crippen molar-refractivity contribution in [2.45, 2.75) is 184 Å². The highest BCUT2D eigenvalue weighted by atomic mass is 16.6. The zero-order valence-corrected chi connectivity index (χ0v) is 59.8. The number of amides is 15. The van der Waals surface area contributed by atoms with Crippen molar-refractivity contribution in [2.75, 3.05) is 0 Å². The molecule has 5 aliphatic heterocycles. The number of benzene rings is 5. The van der Waals surface area contributed by atoms with Gasteiger partial charge in [-0.3, -0.25) is 43.2 Å². The molecule has 0 bridgehead atoms. The molecule has 5 fully saturated rings. The lowest BCUT2D eigenvalue weighted by Gasteiger charge is -2.29. The van der Waals surface area contributed by atoms with E-state index in [2.05, 4.69) is 26.6 Å². The normalized spacial score (nSPS) is 23.1. The Labute approximate surface area is 618 Å². The van der Waals surface area contributed by atoms with Gasteiger partial charge in [0.1, 0.15) is 36.1 Å². The van der Waals surface area contributed by atoms with Crippen molar-refractivity contribution in [3.8, 4) is 0 Å². The van der Waals surface area contributed by atoms with E-state index in [1.807, 2.05) is 0 Å². The summed E-state index contributed by atoms with van der Waals surface area (Å²) in [4.78, 5) is 227. The molecule has 5 aromatic carbocycles. The smallest absolute Gasteiger partial charge is 0.417 e. The molecular weight excluding hydrogens is 1410 g/mol. The van der Waals surface area contributed by atoms with Gasteiger partial charge < -0.3 is 60.1 Å². The van der Waals surface area contributed by atoms with Crippen LogP contribution in [0.2, 0.25) is 0 Å². The van der Waals surface area contributed by atoms with Crippen molar-refractivity contribution in [1.29, 1.82) is 0 Å². The SMILES string of the molecule is C[C@@H]1OC(=O)N(C(=O)C[C@H](NC(=O)[C@H]2[C@H](C)OC(=O)N2C(=O)C[C@H](NC(=O)[C@H]2[C@H](C)OC(=O)N2C(=O)C[C@H](NC(=O)[C@H]2[C@H](C)OC(=O)N2C(=O)C[C@H](NC(=O)[C@H]2[C@H](C)OC(=O)N2C(=O)C[C@H](NC(=O)OC(C)(C)C)c2ccccc2)c2ccccc2)c2ccccc2)c2ccccc2)c2ccccc2)[C@H]1C(=O)O. The maximum Gasteiger partial charge on any atom is 0.417 e. The average molecular weight is 1490 g/mol. The summed E-state index contributed by atoms with van der Waals surface area (Å²) >= 11 is 0. The van der Waals surface area contributed by atoms with E-state index in [0.717, 1.165) is 0 Å². The lowest BCUT2D eigenvalue weighted by Crippen LogP contribution is -2.54. The molecule has 33 nitrogen and oxygen atoms in total. The number of alkyl carbamates (subject to hydrolysis) is 1. The number of cyclic esters (lactones) is 5. The monoisotopic (exact) mass is 1490 g/mol. The highest BCUT2D eigenvalue weighted by molar-refractivity contribution is 6.05. The van der Waals surface area contributed by atoms with Crippen LogP contribution in [0.25, 0.3) is 0 Å². The number of imide groups is 5. The number of rotatable bonds is 25. The summed E-state index contributed by atoms with van der Waals surface area (Å²) in [6, 6.07) is 24.6. The number of nitrogens with zero attached hydrogens (tertiary/aromatic N) is 5. The molecule has 0 unspecified atom stereocenters. The summed E-state index contributed by atoms with van der Waals surface area (Å²) < 4.78 is 32.3. The summed E-state index contributed by atoms with van der Waals surface area (Å²) in [7, 11) is 0. The summed E-state index contributed by atoms with van der Waals surface area (Å²) in [5, 5.41) is 23.3. The Hall–Kier alpha value is -12.6. The second-order valence-corrected chi connectivity index (χ2v) is 27.3. The number of hydrogen-bond acceptors (Lipinski definition) is 22. The number of nitrogens with one attached hydrogen (secondary N) is 5. The number of carbonyl (C=O) groups is 16. The third-order valence-electron chi connectivity index (χ3n) is 18.6. The molecule has 6 N–H and O–H groups in total.